The number of ether oxygens (including phenoxy) is 8. The van der Waals surface area contributed by atoms with Crippen molar-refractivity contribution in [1.29, 1.82) is 0 Å². The maximum Gasteiger partial charge on any atom is 0.342 e. The zero-order valence-corrected chi connectivity index (χ0v) is 40.1. The van der Waals surface area contributed by atoms with Crippen LogP contribution in [0, 0.1) is 11.8 Å². The number of hydrogen-bond acceptors (Lipinski definition) is 10. The van der Waals surface area contributed by atoms with Gasteiger partial charge in [-0.2, -0.15) is 0 Å². The van der Waals surface area contributed by atoms with Crippen LogP contribution in [0.1, 0.15) is 186 Å². The van der Waals surface area contributed by atoms with Gasteiger partial charge >= 0.3 is 11.9 Å². The average Bonchev–Trinajstić information content (AvgIpc) is 4.30. The first-order chi connectivity index (χ1) is 32.4. The Morgan fingerprint density at radius 1 is 0.485 bits per heavy atom. The Bertz CT molecular complexity index is 1730. The predicted molar refractivity (Wildman–Crippen MR) is 258 cm³/mol. The standard InChI is InChI=1S/C56H78O10/c1-3-13-41-15-19-43(20-16-41)45-23-27-47(28-24-45)59-31-9-5-7-11-33-61-55(57)51-35-54(66-40-50-38-64-50)52(36-53(51)65-39-49-37-63-49)56(58)62-34-12-8-6-10-32-60-48-29-25-46(26-30-48)44-21-17-42(14-4-2)18-22-44/h23-30,35-36,41-44,49-50H,3-22,31-34,37-40H2,1-2H3/t41-,42-,43-,44-,49?,50?. The zero-order chi connectivity index (χ0) is 45.8. The van der Waals surface area contributed by atoms with Gasteiger partial charge in [0.2, 0.25) is 0 Å². The molecule has 2 aliphatic carbocycles. The molecule has 2 aliphatic heterocycles. The van der Waals surface area contributed by atoms with Crippen molar-refractivity contribution < 1.29 is 47.5 Å². The summed E-state index contributed by atoms with van der Waals surface area (Å²) in [6, 6.07) is 20.5. The quantitative estimate of drug-likeness (QED) is 0.0364. The Balaban J connectivity index is 0.798. The lowest BCUT2D eigenvalue weighted by Gasteiger charge is -2.28. The average molecular weight is 911 g/mol. The maximum atomic E-state index is 13.5. The van der Waals surface area contributed by atoms with Gasteiger partial charge in [-0.3, -0.25) is 0 Å². The van der Waals surface area contributed by atoms with Gasteiger partial charge in [0.1, 0.15) is 59.5 Å². The highest BCUT2D eigenvalue weighted by atomic mass is 16.6. The van der Waals surface area contributed by atoms with E-state index in [1.807, 2.05) is 0 Å². The van der Waals surface area contributed by atoms with Crippen molar-refractivity contribution in [3.63, 3.8) is 0 Å². The monoisotopic (exact) mass is 911 g/mol. The number of benzene rings is 3. The van der Waals surface area contributed by atoms with E-state index in [0.29, 0.717) is 38.3 Å². The van der Waals surface area contributed by atoms with Crippen molar-refractivity contribution in [2.75, 3.05) is 52.9 Å². The van der Waals surface area contributed by atoms with Gasteiger partial charge in [0.15, 0.2) is 0 Å². The van der Waals surface area contributed by atoms with Crippen LogP contribution in [0.15, 0.2) is 60.7 Å². The first kappa shape index (κ1) is 49.6. The third-order valence-corrected chi connectivity index (χ3v) is 14.0. The van der Waals surface area contributed by atoms with Crippen LogP contribution in [0.4, 0.5) is 0 Å². The van der Waals surface area contributed by atoms with Gasteiger partial charge in [-0.25, -0.2) is 9.59 Å². The molecule has 0 radical (unpaired) electrons. The van der Waals surface area contributed by atoms with Gasteiger partial charge in [-0.15, -0.1) is 0 Å². The summed E-state index contributed by atoms with van der Waals surface area (Å²) in [4.78, 5) is 27.0. The molecule has 0 aromatic heterocycles. The van der Waals surface area contributed by atoms with Crippen molar-refractivity contribution >= 4 is 11.9 Å². The van der Waals surface area contributed by atoms with E-state index >= 15 is 0 Å². The van der Waals surface area contributed by atoms with Crippen LogP contribution in [0.25, 0.3) is 0 Å². The number of hydrogen-bond donors (Lipinski definition) is 0. The highest BCUT2D eigenvalue weighted by molar-refractivity contribution is 5.98. The van der Waals surface area contributed by atoms with E-state index in [9.17, 15) is 9.59 Å². The summed E-state index contributed by atoms with van der Waals surface area (Å²) in [6.07, 6.45) is 22.9. The summed E-state index contributed by atoms with van der Waals surface area (Å²) in [5.74, 6) is 4.46. The van der Waals surface area contributed by atoms with Gasteiger partial charge < -0.3 is 37.9 Å². The molecular formula is C56H78O10. The molecule has 7 rings (SSSR count). The van der Waals surface area contributed by atoms with Crippen molar-refractivity contribution in [3.8, 4) is 23.0 Å². The summed E-state index contributed by atoms with van der Waals surface area (Å²) in [5, 5.41) is 0. The molecular weight excluding hydrogens is 833 g/mol. The van der Waals surface area contributed by atoms with Crippen LogP contribution < -0.4 is 18.9 Å². The van der Waals surface area contributed by atoms with Crippen LogP contribution in [0.5, 0.6) is 23.0 Å². The lowest BCUT2D eigenvalue weighted by atomic mass is 9.77. The molecule has 4 aliphatic rings. The second-order valence-electron chi connectivity index (χ2n) is 19.3. The van der Waals surface area contributed by atoms with E-state index in [1.54, 1.807) is 12.1 Å². The fourth-order valence-electron chi connectivity index (χ4n) is 9.85. The summed E-state index contributed by atoms with van der Waals surface area (Å²) in [7, 11) is 0. The molecule has 66 heavy (non-hydrogen) atoms. The summed E-state index contributed by atoms with van der Waals surface area (Å²) in [5.41, 5.74) is 3.28. The second kappa shape index (κ2) is 26.9. The smallest absolute Gasteiger partial charge is 0.342 e. The maximum absolute atomic E-state index is 13.5. The van der Waals surface area contributed by atoms with Gasteiger partial charge in [0, 0.05) is 0 Å². The Hall–Kier alpha value is -4.28. The van der Waals surface area contributed by atoms with Crippen LogP contribution in [-0.2, 0) is 18.9 Å². The van der Waals surface area contributed by atoms with Crippen molar-refractivity contribution in [2.45, 2.75) is 166 Å². The summed E-state index contributed by atoms with van der Waals surface area (Å²) < 4.78 is 46.4. The number of carbonyl (C=O) groups is 2. The fraction of sp³-hybridized carbons (Fsp3) is 0.643. The van der Waals surface area contributed by atoms with Crippen LogP contribution >= 0.6 is 0 Å². The van der Waals surface area contributed by atoms with Gasteiger partial charge in [0.25, 0.3) is 0 Å². The normalized spacial score (nSPS) is 22.3. The molecule has 3 aromatic rings. The molecule has 0 spiro atoms. The van der Waals surface area contributed by atoms with Crippen LogP contribution in [0.3, 0.4) is 0 Å². The molecule has 4 fully saturated rings. The van der Waals surface area contributed by atoms with Crippen molar-refractivity contribution in [2.24, 2.45) is 11.8 Å². The molecule has 2 atom stereocenters. The second-order valence-corrected chi connectivity index (χ2v) is 19.3. The number of unbranched alkanes of at least 4 members (excludes halogenated alkanes) is 6. The summed E-state index contributed by atoms with van der Waals surface area (Å²) >= 11 is 0. The topological polar surface area (TPSA) is 115 Å². The van der Waals surface area contributed by atoms with E-state index in [1.165, 1.54) is 88.2 Å². The number of esters is 2. The highest BCUT2D eigenvalue weighted by Crippen LogP contribution is 2.39. The largest absolute Gasteiger partial charge is 0.494 e. The van der Waals surface area contributed by atoms with Gasteiger partial charge in [-0.05, 0) is 174 Å². The number of rotatable bonds is 30. The Kier molecular flexibility index (Phi) is 20.2. The zero-order valence-electron chi connectivity index (χ0n) is 40.1. The van der Waals surface area contributed by atoms with Gasteiger partial charge in [0.05, 0.1) is 39.6 Å². The SMILES string of the molecule is CCC[C@H]1CC[C@H](c2ccc(OCCCCCCOC(=O)c3cc(OCC4CO4)c(C(=O)OCCCCCCOc4ccc([C@H]5CC[C@H](CCC)CC5)cc4)cc3OCC3CO3)cc2)CC1. The minimum atomic E-state index is -0.532. The Morgan fingerprint density at radius 3 is 1.20 bits per heavy atom. The molecule has 3 aromatic carbocycles. The highest BCUT2D eigenvalue weighted by Gasteiger charge is 2.30. The molecule has 2 saturated heterocycles. The molecule has 2 unspecified atom stereocenters. The van der Waals surface area contributed by atoms with E-state index in [0.717, 1.165) is 74.7 Å². The molecule has 2 heterocycles. The molecule has 10 nitrogen and oxygen atoms in total. The van der Waals surface area contributed by atoms with E-state index in [-0.39, 0.29) is 61.3 Å². The Morgan fingerprint density at radius 2 is 0.848 bits per heavy atom. The van der Waals surface area contributed by atoms with Crippen LogP contribution in [0.2, 0.25) is 0 Å². The third kappa shape index (κ3) is 16.5. The molecule has 10 heteroatoms. The molecule has 0 bridgehead atoms. The van der Waals surface area contributed by atoms with Crippen molar-refractivity contribution in [1.82, 2.24) is 0 Å². The van der Waals surface area contributed by atoms with E-state index in [4.69, 9.17) is 37.9 Å². The molecule has 362 valence electrons. The van der Waals surface area contributed by atoms with Crippen molar-refractivity contribution in [3.05, 3.63) is 82.9 Å². The predicted octanol–water partition coefficient (Wildman–Crippen LogP) is 13.0. The molecule has 2 saturated carbocycles. The molecule has 0 amide bonds. The fourth-order valence-corrected chi connectivity index (χ4v) is 9.85. The first-order valence-corrected chi connectivity index (χ1v) is 25.9. The number of carbonyl (C=O) groups excluding carboxylic acids is 2. The summed E-state index contributed by atoms with van der Waals surface area (Å²) in [6.45, 7) is 8.12. The lowest BCUT2D eigenvalue weighted by molar-refractivity contribution is 0.0474. The minimum Gasteiger partial charge on any atom is -0.494 e. The van der Waals surface area contributed by atoms with Crippen LogP contribution in [-0.4, -0.2) is 77.0 Å². The van der Waals surface area contributed by atoms with Gasteiger partial charge in [-0.1, -0.05) is 63.8 Å². The Labute approximate surface area is 395 Å². The first-order valence-electron chi connectivity index (χ1n) is 25.9. The van der Waals surface area contributed by atoms with E-state index < -0.39 is 11.9 Å². The minimum absolute atomic E-state index is 0.0495. The number of epoxide rings is 2. The lowest BCUT2D eigenvalue weighted by Crippen LogP contribution is -2.16. The third-order valence-electron chi connectivity index (χ3n) is 14.0. The van der Waals surface area contributed by atoms with E-state index in [2.05, 4.69) is 62.4 Å². The molecule has 0 N–H and O–H groups in total.